The first kappa shape index (κ1) is 19.7. The Bertz CT molecular complexity index is 665. The van der Waals surface area contributed by atoms with Crippen LogP contribution < -0.4 is 5.32 Å². The summed E-state index contributed by atoms with van der Waals surface area (Å²) in [5.41, 5.74) is 0. The van der Waals surface area contributed by atoms with E-state index in [4.69, 9.17) is 0 Å². The zero-order chi connectivity index (χ0) is 16.9. The molecule has 9 heteroatoms. The fourth-order valence-electron chi connectivity index (χ4n) is 3.27. The van der Waals surface area contributed by atoms with Crippen molar-refractivity contribution in [2.24, 2.45) is 10.9 Å². The Balaban J connectivity index is 0.00000225. The molecular formula is C16H27IN8. The lowest BCUT2D eigenvalue weighted by Gasteiger charge is -2.39. The van der Waals surface area contributed by atoms with Gasteiger partial charge in [-0.15, -0.1) is 34.2 Å². The number of hydrogen-bond acceptors (Lipinski definition) is 4. The van der Waals surface area contributed by atoms with Crippen LogP contribution in [0.2, 0.25) is 0 Å². The Hall–Kier alpha value is -1.65. The van der Waals surface area contributed by atoms with Gasteiger partial charge < -0.3 is 19.4 Å². The molecule has 0 aromatic carbocycles. The third-order valence-corrected chi connectivity index (χ3v) is 4.78. The summed E-state index contributed by atoms with van der Waals surface area (Å²) in [4.78, 5) is 11.0. The highest BCUT2D eigenvalue weighted by Crippen LogP contribution is 2.27. The second kappa shape index (κ2) is 9.16. The molecule has 1 N–H and O–H groups in total. The molecule has 2 aromatic heterocycles. The van der Waals surface area contributed by atoms with Crippen molar-refractivity contribution < 1.29 is 0 Å². The fourth-order valence-corrected chi connectivity index (χ4v) is 3.27. The van der Waals surface area contributed by atoms with Crippen molar-refractivity contribution in [1.82, 2.24) is 34.5 Å². The lowest BCUT2D eigenvalue weighted by molar-refractivity contribution is 0.189. The van der Waals surface area contributed by atoms with Crippen LogP contribution in [0.5, 0.6) is 0 Å². The molecule has 3 rings (SSSR count). The summed E-state index contributed by atoms with van der Waals surface area (Å²) in [6, 6.07) is 0.416. The van der Waals surface area contributed by atoms with Crippen molar-refractivity contribution in [3.05, 3.63) is 30.9 Å². The smallest absolute Gasteiger partial charge is 0.194 e. The molecule has 0 radical (unpaired) electrons. The molecule has 138 valence electrons. The van der Waals surface area contributed by atoms with Crippen LogP contribution in [0.25, 0.3) is 0 Å². The second-order valence-electron chi connectivity index (χ2n) is 6.22. The molecule has 1 aliphatic rings. The van der Waals surface area contributed by atoms with E-state index in [1.165, 1.54) is 0 Å². The summed E-state index contributed by atoms with van der Waals surface area (Å²) >= 11 is 0. The molecule has 2 aromatic rings. The van der Waals surface area contributed by atoms with Gasteiger partial charge in [-0.3, -0.25) is 4.99 Å². The van der Waals surface area contributed by atoms with E-state index in [0.717, 1.165) is 37.8 Å². The summed E-state index contributed by atoms with van der Waals surface area (Å²) < 4.78 is 4.24. The number of aryl methyl sites for hydroxylation is 1. The van der Waals surface area contributed by atoms with Gasteiger partial charge in [0, 0.05) is 39.1 Å². The van der Waals surface area contributed by atoms with Crippen LogP contribution >= 0.6 is 24.0 Å². The molecule has 0 amide bonds. The van der Waals surface area contributed by atoms with Crippen molar-refractivity contribution in [2.45, 2.75) is 39.4 Å². The minimum atomic E-state index is 0. The van der Waals surface area contributed by atoms with Gasteiger partial charge in [0.15, 0.2) is 11.8 Å². The highest BCUT2D eigenvalue weighted by molar-refractivity contribution is 14.0. The number of nitrogens with zero attached hydrogens (tertiary/aromatic N) is 7. The summed E-state index contributed by atoms with van der Waals surface area (Å²) in [5.74, 6) is 2.46. The second-order valence-corrected chi connectivity index (χ2v) is 6.22. The van der Waals surface area contributed by atoms with E-state index in [-0.39, 0.29) is 24.0 Å². The zero-order valence-corrected chi connectivity index (χ0v) is 17.4. The molecule has 2 atom stereocenters. The van der Waals surface area contributed by atoms with Crippen LogP contribution in [0.3, 0.4) is 0 Å². The molecule has 0 bridgehead atoms. The van der Waals surface area contributed by atoms with Crippen LogP contribution in [-0.2, 0) is 13.1 Å². The highest BCUT2D eigenvalue weighted by Gasteiger charge is 2.28. The minimum Gasteiger partial charge on any atom is -0.349 e. The average Bonchev–Trinajstić information content (AvgIpc) is 3.27. The first-order valence-corrected chi connectivity index (χ1v) is 8.52. The molecule has 0 saturated carbocycles. The van der Waals surface area contributed by atoms with Gasteiger partial charge in [-0.05, 0) is 19.3 Å². The number of aliphatic imine (C=N–C) groups is 1. The molecule has 0 aliphatic carbocycles. The van der Waals surface area contributed by atoms with Crippen LogP contribution in [0, 0.1) is 5.92 Å². The zero-order valence-electron chi connectivity index (χ0n) is 15.0. The standard InChI is InChI=1S/C16H26N8.HI/c1-4-22-12-20-21-15(22)9-19-16(17-3)23-7-5-13(2)14(10-23)24-8-6-18-11-24;/h6,8,11-14H,4-5,7,9-10H2,1-3H3,(H,17,19);1H. The van der Waals surface area contributed by atoms with Gasteiger partial charge >= 0.3 is 0 Å². The lowest BCUT2D eigenvalue weighted by atomic mass is 9.93. The van der Waals surface area contributed by atoms with Crippen molar-refractivity contribution in [2.75, 3.05) is 20.1 Å². The van der Waals surface area contributed by atoms with Gasteiger partial charge in [0.25, 0.3) is 0 Å². The number of piperidine rings is 1. The van der Waals surface area contributed by atoms with E-state index in [0.29, 0.717) is 18.5 Å². The normalized spacial score (nSPS) is 21.1. The Kier molecular flexibility index (Phi) is 7.21. The predicted octanol–water partition coefficient (Wildman–Crippen LogP) is 1.77. The van der Waals surface area contributed by atoms with E-state index in [1.807, 2.05) is 30.3 Å². The summed E-state index contributed by atoms with van der Waals surface area (Å²) in [6.07, 6.45) is 8.69. The van der Waals surface area contributed by atoms with E-state index < -0.39 is 0 Å². The number of nitrogens with one attached hydrogen (secondary N) is 1. The molecule has 8 nitrogen and oxygen atoms in total. The maximum absolute atomic E-state index is 4.46. The van der Waals surface area contributed by atoms with Gasteiger partial charge in [0.05, 0.1) is 18.9 Å². The third kappa shape index (κ3) is 4.50. The number of imidazole rings is 1. The van der Waals surface area contributed by atoms with Gasteiger partial charge in [-0.1, -0.05) is 6.92 Å². The first-order chi connectivity index (χ1) is 11.7. The fraction of sp³-hybridized carbons (Fsp3) is 0.625. The Morgan fingerprint density at radius 3 is 2.92 bits per heavy atom. The predicted molar refractivity (Wildman–Crippen MR) is 108 cm³/mol. The molecule has 2 unspecified atom stereocenters. The van der Waals surface area contributed by atoms with Gasteiger partial charge in [0.2, 0.25) is 0 Å². The highest BCUT2D eigenvalue weighted by atomic mass is 127. The number of halogens is 1. The quantitative estimate of drug-likeness (QED) is 0.430. The van der Waals surface area contributed by atoms with Crippen molar-refractivity contribution >= 4 is 29.9 Å². The average molecular weight is 458 g/mol. The van der Waals surface area contributed by atoms with Gasteiger partial charge in [0.1, 0.15) is 6.33 Å². The van der Waals surface area contributed by atoms with Crippen LogP contribution in [-0.4, -0.2) is 55.3 Å². The molecule has 25 heavy (non-hydrogen) atoms. The number of rotatable bonds is 4. The minimum absolute atomic E-state index is 0. The molecule has 0 spiro atoms. The summed E-state index contributed by atoms with van der Waals surface area (Å²) in [6.45, 7) is 7.82. The summed E-state index contributed by atoms with van der Waals surface area (Å²) in [7, 11) is 1.83. The van der Waals surface area contributed by atoms with Crippen LogP contribution in [0.4, 0.5) is 0 Å². The largest absolute Gasteiger partial charge is 0.349 e. The molecule has 1 fully saturated rings. The third-order valence-electron chi connectivity index (χ3n) is 4.78. The van der Waals surface area contributed by atoms with Crippen LogP contribution in [0.1, 0.15) is 32.1 Å². The van der Waals surface area contributed by atoms with Gasteiger partial charge in [-0.2, -0.15) is 0 Å². The Morgan fingerprint density at radius 2 is 2.24 bits per heavy atom. The molecule has 3 heterocycles. The maximum Gasteiger partial charge on any atom is 0.194 e. The van der Waals surface area contributed by atoms with E-state index >= 15 is 0 Å². The number of aromatic nitrogens is 5. The SMILES string of the molecule is CCn1cnnc1CNC(=NC)N1CCC(C)C(n2ccnc2)C1.I. The number of guanidine groups is 1. The maximum atomic E-state index is 4.46. The topological polar surface area (TPSA) is 76.2 Å². The monoisotopic (exact) mass is 458 g/mol. The molecule has 1 aliphatic heterocycles. The van der Waals surface area contributed by atoms with E-state index in [2.05, 4.69) is 48.8 Å². The summed E-state index contributed by atoms with van der Waals surface area (Å²) in [5, 5.41) is 11.6. The van der Waals surface area contributed by atoms with Crippen molar-refractivity contribution in [1.29, 1.82) is 0 Å². The van der Waals surface area contributed by atoms with E-state index in [9.17, 15) is 0 Å². The lowest BCUT2D eigenvalue weighted by Crippen LogP contribution is -2.48. The van der Waals surface area contributed by atoms with Crippen LogP contribution in [0.15, 0.2) is 30.0 Å². The molecular weight excluding hydrogens is 431 g/mol. The van der Waals surface area contributed by atoms with Gasteiger partial charge in [-0.25, -0.2) is 4.98 Å². The Morgan fingerprint density at radius 1 is 1.40 bits per heavy atom. The number of likely N-dealkylation sites (tertiary alicyclic amines) is 1. The first-order valence-electron chi connectivity index (χ1n) is 8.52. The molecule has 1 saturated heterocycles. The van der Waals surface area contributed by atoms with Crippen molar-refractivity contribution in [3.63, 3.8) is 0 Å². The van der Waals surface area contributed by atoms with E-state index in [1.54, 1.807) is 6.33 Å². The van der Waals surface area contributed by atoms with Crippen molar-refractivity contribution in [3.8, 4) is 0 Å². The number of hydrogen-bond donors (Lipinski definition) is 1. The Labute approximate surface area is 165 Å².